The second kappa shape index (κ2) is 8.71. The smallest absolute Gasteiger partial charge is 0.270 e. The number of nitrogens with one attached hydrogen (secondary N) is 1. The number of carbonyl (C=O) groups excluding carboxylic acids is 1. The lowest BCUT2D eigenvalue weighted by Crippen LogP contribution is -2.38. The van der Waals surface area contributed by atoms with Gasteiger partial charge >= 0.3 is 0 Å². The molecule has 9 heteroatoms. The van der Waals surface area contributed by atoms with E-state index in [0.29, 0.717) is 36.8 Å². The van der Waals surface area contributed by atoms with Gasteiger partial charge in [0.1, 0.15) is 10.6 Å². The van der Waals surface area contributed by atoms with Crippen LogP contribution in [0, 0.1) is 0 Å². The SMILES string of the molecule is O=C(c1cc(S(=O)(=O)N2CCSCC2)c[nH]1)N1CCCC1Cc1ccccc1Cl. The Morgan fingerprint density at radius 3 is 2.72 bits per heavy atom. The highest BCUT2D eigenvalue weighted by Gasteiger charge is 2.32. The number of thioether (sulfide) groups is 1. The number of hydrogen-bond acceptors (Lipinski definition) is 4. The molecule has 0 radical (unpaired) electrons. The number of carbonyl (C=O) groups is 1. The van der Waals surface area contributed by atoms with E-state index >= 15 is 0 Å². The lowest BCUT2D eigenvalue weighted by molar-refractivity contribution is 0.0731. The maximum absolute atomic E-state index is 13.1. The monoisotopic (exact) mass is 453 g/mol. The zero-order valence-electron chi connectivity index (χ0n) is 16.0. The highest BCUT2D eigenvalue weighted by atomic mass is 35.5. The number of amides is 1. The van der Waals surface area contributed by atoms with Crippen LogP contribution in [-0.4, -0.2) is 65.7 Å². The van der Waals surface area contributed by atoms with Crippen molar-refractivity contribution >= 4 is 39.3 Å². The van der Waals surface area contributed by atoms with Gasteiger partial charge in [0.25, 0.3) is 5.91 Å². The lowest BCUT2D eigenvalue weighted by atomic mass is 10.0. The minimum absolute atomic E-state index is 0.0601. The van der Waals surface area contributed by atoms with E-state index in [0.717, 1.165) is 29.9 Å². The first-order valence-electron chi connectivity index (χ1n) is 9.77. The van der Waals surface area contributed by atoms with Crippen molar-refractivity contribution in [3.63, 3.8) is 0 Å². The summed E-state index contributed by atoms with van der Waals surface area (Å²) in [6, 6.07) is 9.22. The van der Waals surface area contributed by atoms with Crippen LogP contribution >= 0.6 is 23.4 Å². The van der Waals surface area contributed by atoms with Crippen molar-refractivity contribution in [1.82, 2.24) is 14.2 Å². The summed E-state index contributed by atoms with van der Waals surface area (Å²) < 4.78 is 27.2. The topological polar surface area (TPSA) is 73.5 Å². The Hall–Kier alpha value is -1.48. The van der Waals surface area contributed by atoms with Crippen LogP contribution < -0.4 is 0 Å². The molecule has 0 bridgehead atoms. The Morgan fingerprint density at radius 2 is 1.97 bits per heavy atom. The van der Waals surface area contributed by atoms with Crippen LogP contribution in [0.5, 0.6) is 0 Å². The molecule has 2 aliphatic heterocycles. The molecule has 2 fully saturated rings. The number of H-pyrrole nitrogens is 1. The molecular formula is C20H24ClN3O3S2. The van der Waals surface area contributed by atoms with E-state index in [4.69, 9.17) is 11.6 Å². The second-order valence-corrected chi connectivity index (χ2v) is 10.9. The Morgan fingerprint density at radius 1 is 1.21 bits per heavy atom. The van der Waals surface area contributed by atoms with Gasteiger partial charge in [-0.15, -0.1) is 0 Å². The molecule has 2 saturated heterocycles. The maximum atomic E-state index is 13.1. The van der Waals surface area contributed by atoms with E-state index in [1.54, 1.807) is 11.8 Å². The van der Waals surface area contributed by atoms with Gasteiger partial charge in [-0.3, -0.25) is 4.79 Å². The zero-order chi connectivity index (χ0) is 20.4. The van der Waals surface area contributed by atoms with Crippen molar-refractivity contribution in [1.29, 1.82) is 0 Å². The predicted molar refractivity (Wildman–Crippen MR) is 116 cm³/mol. The van der Waals surface area contributed by atoms with E-state index in [9.17, 15) is 13.2 Å². The van der Waals surface area contributed by atoms with Gasteiger partial charge in [0.05, 0.1) is 0 Å². The number of rotatable bonds is 5. The minimum atomic E-state index is -3.57. The molecule has 1 aromatic carbocycles. The number of aromatic amines is 1. The fourth-order valence-electron chi connectivity index (χ4n) is 3.97. The largest absolute Gasteiger partial charge is 0.356 e. The van der Waals surface area contributed by atoms with Crippen molar-refractivity contribution < 1.29 is 13.2 Å². The van der Waals surface area contributed by atoms with E-state index in [1.165, 1.54) is 16.6 Å². The third-order valence-corrected chi connectivity index (χ3v) is 8.73. The molecule has 4 rings (SSSR count). The van der Waals surface area contributed by atoms with Crippen molar-refractivity contribution in [3.8, 4) is 0 Å². The fourth-order valence-corrected chi connectivity index (χ4v) is 6.75. The number of halogens is 1. The molecule has 0 spiro atoms. The molecule has 1 aromatic heterocycles. The molecule has 29 heavy (non-hydrogen) atoms. The Labute approximate surface area is 180 Å². The first-order chi connectivity index (χ1) is 14.0. The highest BCUT2D eigenvalue weighted by Crippen LogP contribution is 2.27. The molecule has 1 amide bonds. The Bertz CT molecular complexity index is 986. The van der Waals surface area contributed by atoms with Crippen LogP contribution in [0.2, 0.25) is 5.02 Å². The van der Waals surface area contributed by atoms with Gasteiger partial charge in [-0.1, -0.05) is 29.8 Å². The van der Waals surface area contributed by atoms with Crippen LogP contribution in [0.4, 0.5) is 0 Å². The first kappa shape index (κ1) is 20.8. The van der Waals surface area contributed by atoms with Gasteiger partial charge < -0.3 is 9.88 Å². The van der Waals surface area contributed by atoms with Gasteiger partial charge in [0.15, 0.2) is 0 Å². The van der Waals surface area contributed by atoms with Gasteiger partial charge in [0, 0.05) is 48.4 Å². The molecule has 0 saturated carbocycles. The van der Waals surface area contributed by atoms with E-state index in [2.05, 4.69) is 4.98 Å². The standard InChI is InChI=1S/C20H24ClN3O3S2/c21-18-6-2-1-4-15(18)12-16-5-3-7-24(16)20(25)19-13-17(14-22-19)29(26,27)23-8-10-28-11-9-23/h1-2,4,6,13-14,16,22H,3,5,7-12H2. The summed E-state index contributed by atoms with van der Waals surface area (Å²) >= 11 is 8.05. The number of benzene rings is 1. The quantitative estimate of drug-likeness (QED) is 0.754. The van der Waals surface area contributed by atoms with E-state index in [-0.39, 0.29) is 16.8 Å². The molecule has 6 nitrogen and oxygen atoms in total. The third-order valence-electron chi connectivity index (χ3n) is 5.55. The summed E-state index contributed by atoms with van der Waals surface area (Å²) in [4.78, 5) is 18.0. The average molecular weight is 454 g/mol. The van der Waals surface area contributed by atoms with Gasteiger partial charge in [-0.2, -0.15) is 16.1 Å². The number of hydrogen-bond donors (Lipinski definition) is 1. The van der Waals surface area contributed by atoms with E-state index in [1.807, 2.05) is 29.2 Å². The number of likely N-dealkylation sites (tertiary alicyclic amines) is 1. The average Bonchev–Trinajstić information content (AvgIpc) is 3.40. The molecule has 2 aromatic rings. The molecule has 1 unspecified atom stereocenters. The molecule has 2 aliphatic rings. The zero-order valence-corrected chi connectivity index (χ0v) is 18.4. The summed E-state index contributed by atoms with van der Waals surface area (Å²) in [7, 11) is -3.57. The number of aromatic nitrogens is 1. The van der Waals surface area contributed by atoms with Crippen LogP contribution in [0.25, 0.3) is 0 Å². The van der Waals surface area contributed by atoms with Crippen LogP contribution in [0.1, 0.15) is 28.9 Å². The van der Waals surface area contributed by atoms with Gasteiger partial charge in [0.2, 0.25) is 10.0 Å². The number of nitrogens with zero attached hydrogens (tertiary/aromatic N) is 2. The molecule has 156 valence electrons. The summed E-state index contributed by atoms with van der Waals surface area (Å²) in [5.41, 5.74) is 1.35. The van der Waals surface area contributed by atoms with Crippen molar-refractivity contribution in [2.24, 2.45) is 0 Å². The molecule has 1 N–H and O–H groups in total. The number of sulfonamides is 1. The third kappa shape index (κ3) is 4.35. The summed E-state index contributed by atoms with van der Waals surface area (Å²) in [5, 5.41) is 0.708. The fraction of sp³-hybridized carbons (Fsp3) is 0.450. The van der Waals surface area contributed by atoms with Crippen LogP contribution in [-0.2, 0) is 16.4 Å². The van der Waals surface area contributed by atoms with Gasteiger partial charge in [-0.05, 0) is 37.0 Å². The van der Waals surface area contributed by atoms with E-state index < -0.39 is 10.0 Å². The van der Waals surface area contributed by atoms with Crippen LogP contribution in [0.15, 0.2) is 41.4 Å². The molecule has 3 heterocycles. The maximum Gasteiger partial charge on any atom is 0.270 e. The van der Waals surface area contributed by atoms with Crippen molar-refractivity contribution in [2.75, 3.05) is 31.1 Å². The molecule has 0 aliphatic carbocycles. The first-order valence-corrected chi connectivity index (χ1v) is 12.7. The summed E-state index contributed by atoms with van der Waals surface area (Å²) in [6.45, 7) is 1.68. The summed E-state index contributed by atoms with van der Waals surface area (Å²) in [5.74, 6) is 1.44. The summed E-state index contributed by atoms with van der Waals surface area (Å²) in [6.07, 6.45) is 3.97. The minimum Gasteiger partial charge on any atom is -0.356 e. The molecular weight excluding hydrogens is 430 g/mol. The second-order valence-electron chi connectivity index (χ2n) is 7.36. The lowest BCUT2D eigenvalue weighted by Gasteiger charge is -2.25. The Balaban J connectivity index is 1.50. The molecule has 1 atom stereocenters. The predicted octanol–water partition coefficient (Wildman–Crippen LogP) is 3.25. The Kier molecular flexibility index (Phi) is 6.24. The highest BCUT2D eigenvalue weighted by molar-refractivity contribution is 7.99. The normalized spacial score (nSPS) is 20.9. The van der Waals surface area contributed by atoms with Crippen molar-refractivity contribution in [2.45, 2.75) is 30.2 Å². The van der Waals surface area contributed by atoms with Gasteiger partial charge in [-0.25, -0.2) is 8.42 Å². The van der Waals surface area contributed by atoms with Crippen LogP contribution in [0.3, 0.4) is 0 Å². The van der Waals surface area contributed by atoms with Crippen molar-refractivity contribution in [3.05, 3.63) is 52.8 Å².